The molecule has 1 aromatic heterocycles. The topological polar surface area (TPSA) is 75.5 Å². The number of benzene rings is 1. The minimum atomic E-state index is -4.65. The minimum absolute atomic E-state index is 0.0776. The highest BCUT2D eigenvalue weighted by molar-refractivity contribution is 5.71. The van der Waals surface area contributed by atoms with Crippen molar-refractivity contribution < 1.29 is 27.8 Å². The number of anilines is 1. The Kier molecular flexibility index (Phi) is 5.20. The summed E-state index contributed by atoms with van der Waals surface area (Å²) in [6, 6.07) is 7.44. The molecule has 0 saturated carbocycles. The fourth-order valence-electron chi connectivity index (χ4n) is 3.01. The van der Waals surface area contributed by atoms with Crippen LogP contribution in [0.5, 0.6) is 5.75 Å². The van der Waals surface area contributed by atoms with E-state index in [1.165, 1.54) is 12.0 Å². The van der Waals surface area contributed by atoms with E-state index < -0.39 is 23.8 Å². The number of hydrogen-bond acceptors (Lipinski definition) is 5. The number of alkyl halides is 3. The van der Waals surface area contributed by atoms with Crippen LogP contribution in [-0.2, 0) is 11.0 Å². The van der Waals surface area contributed by atoms with Crippen LogP contribution in [0.4, 0.5) is 19.1 Å². The van der Waals surface area contributed by atoms with Gasteiger partial charge in [-0.05, 0) is 31.0 Å². The molecular weight excluding hydrogens is 363 g/mol. The summed E-state index contributed by atoms with van der Waals surface area (Å²) in [5, 5.41) is 9.22. The van der Waals surface area contributed by atoms with Crippen molar-refractivity contribution in [3.63, 3.8) is 0 Å². The molecule has 144 valence electrons. The molecule has 1 aliphatic heterocycles. The van der Waals surface area contributed by atoms with Gasteiger partial charge >= 0.3 is 12.1 Å². The number of methoxy groups -OCH3 is 1. The molecule has 1 atom stereocenters. The van der Waals surface area contributed by atoms with E-state index in [1.54, 1.807) is 24.3 Å². The lowest BCUT2D eigenvalue weighted by Gasteiger charge is -2.31. The fraction of sp³-hybridized carbons (Fsp3) is 0.389. The van der Waals surface area contributed by atoms with Gasteiger partial charge in [-0.15, -0.1) is 0 Å². The first kappa shape index (κ1) is 18.9. The maximum Gasteiger partial charge on any atom is 0.433 e. The lowest BCUT2D eigenvalue weighted by atomic mass is 9.99. The van der Waals surface area contributed by atoms with E-state index >= 15 is 0 Å². The number of carbonyl (C=O) groups is 1. The third-order valence-corrected chi connectivity index (χ3v) is 4.42. The van der Waals surface area contributed by atoms with Crippen molar-refractivity contribution in [2.24, 2.45) is 5.92 Å². The van der Waals surface area contributed by atoms with Crippen molar-refractivity contribution in [2.75, 3.05) is 25.1 Å². The Bertz CT molecular complexity index is 842. The van der Waals surface area contributed by atoms with Crippen LogP contribution in [0.1, 0.15) is 18.5 Å². The predicted octanol–water partition coefficient (Wildman–Crippen LogP) is 3.47. The van der Waals surface area contributed by atoms with E-state index in [0.717, 1.165) is 6.07 Å². The summed E-state index contributed by atoms with van der Waals surface area (Å²) < 4.78 is 45.2. The smallest absolute Gasteiger partial charge is 0.433 e. The fourth-order valence-corrected chi connectivity index (χ4v) is 3.01. The van der Waals surface area contributed by atoms with E-state index in [1.807, 2.05) is 0 Å². The number of aromatic nitrogens is 2. The molecule has 0 unspecified atom stereocenters. The molecule has 1 N–H and O–H groups in total. The first-order chi connectivity index (χ1) is 12.8. The average molecular weight is 381 g/mol. The van der Waals surface area contributed by atoms with E-state index in [0.29, 0.717) is 30.7 Å². The van der Waals surface area contributed by atoms with Crippen molar-refractivity contribution in [3.05, 3.63) is 36.0 Å². The summed E-state index contributed by atoms with van der Waals surface area (Å²) in [4.78, 5) is 20.7. The Morgan fingerprint density at radius 1 is 1.30 bits per heavy atom. The summed E-state index contributed by atoms with van der Waals surface area (Å²) in [6.45, 7) is 0.483. The largest absolute Gasteiger partial charge is 0.497 e. The molecule has 1 fully saturated rings. The van der Waals surface area contributed by atoms with Crippen LogP contribution < -0.4 is 9.64 Å². The van der Waals surface area contributed by atoms with E-state index in [4.69, 9.17) is 4.74 Å². The van der Waals surface area contributed by atoms with E-state index in [-0.39, 0.29) is 18.2 Å². The van der Waals surface area contributed by atoms with Crippen LogP contribution in [0.15, 0.2) is 30.3 Å². The van der Waals surface area contributed by atoms with Crippen LogP contribution in [0.3, 0.4) is 0 Å². The first-order valence-corrected chi connectivity index (χ1v) is 8.36. The van der Waals surface area contributed by atoms with Crippen LogP contribution in [-0.4, -0.2) is 41.2 Å². The molecule has 0 spiro atoms. The highest BCUT2D eigenvalue weighted by Crippen LogP contribution is 2.33. The maximum atomic E-state index is 13.4. The summed E-state index contributed by atoms with van der Waals surface area (Å²) >= 11 is 0. The van der Waals surface area contributed by atoms with Gasteiger partial charge in [0.05, 0.1) is 18.7 Å². The van der Waals surface area contributed by atoms with Gasteiger partial charge in [-0.1, -0.05) is 12.1 Å². The van der Waals surface area contributed by atoms with Crippen LogP contribution >= 0.6 is 0 Å². The zero-order chi connectivity index (χ0) is 19.6. The standard InChI is InChI=1S/C18H18F3N3O3/c1-27-13-6-2-4-11(8-13)14-9-15(18(19,20)21)23-17(22-14)24-7-3-5-12(10-24)16(25)26/h2,4,6,8-9,12H,3,5,7,10H2,1H3,(H,25,26)/t12-/m1/s1. The number of halogens is 3. The number of ether oxygens (including phenoxy) is 1. The predicted molar refractivity (Wildman–Crippen MR) is 91.6 cm³/mol. The van der Waals surface area contributed by atoms with Gasteiger partial charge < -0.3 is 14.7 Å². The number of hydrogen-bond donors (Lipinski definition) is 1. The first-order valence-electron chi connectivity index (χ1n) is 8.36. The zero-order valence-electron chi connectivity index (χ0n) is 14.5. The molecule has 1 saturated heterocycles. The number of carboxylic acids is 1. The van der Waals surface area contributed by atoms with Gasteiger partial charge in [0.15, 0.2) is 5.69 Å². The van der Waals surface area contributed by atoms with Gasteiger partial charge in [0.25, 0.3) is 0 Å². The Labute approximate surface area is 153 Å². The molecule has 9 heteroatoms. The van der Waals surface area contributed by atoms with Crippen molar-refractivity contribution in [2.45, 2.75) is 19.0 Å². The van der Waals surface area contributed by atoms with E-state index in [2.05, 4.69) is 9.97 Å². The summed E-state index contributed by atoms with van der Waals surface area (Å²) in [5.41, 5.74) is -0.512. The molecule has 0 bridgehead atoms. The third kappa shape index (κ3) is 4.29. The van der Waals surface area contributed by atoms with Crippen molar-refractivity contribution in [1.82, 2.24) is 9.97 Å². The number of aliphatic carboxylic acids is 1. The molecular formula is C18H18F3N3O3. The number of nitrogens with zero attached hydrogens (tertiary/aromatic N) is 3. The Balaban J connectivity index is 2.04. The molecule has 1 aromatic carbocycles. The molecule has 0 radical (unpaired) electrons. The molecule has 0 aliphatic carbocycles. The number of rotatable bonds is 4. The molecule has 1 aliphatic rings. The lowest BCUT2D eigenvalue weighted by Crippen LogP contribution is -2.39. The van der Waals surface area contributed by atoms with Crippen LogP contribution in [0, 0.1) is 5.92 Å². The summed E-state index contributed by atoms with van der Waals surface area (Å²) in [7, 11) is 1.46. The van der Waals surface area contributed by atoms with Crippen molar-refractivity contribution in [3.8, 4) is 17.0 Å². The second-order valence-corrected chi connectivity index (χ2v) is 6.29. The third-order valence-electron chi connectivity index (χ3n) is 4.42. The highest BCUT2D eigenvalue weighted by Gasteiger charge is 2.35. The van der Waals surface area contributed by atoms with Crippen LogP contribution in [0.25, 0.3) is 11.3 Å². The lowest BCUT2D eigenvalue weighted by molar-refractivity contribution is -0.142. The monoisotopic (exact) mass is 381 g/mol. The molecule has 2 heterocycles. The normalized spacial score (nSPS) is 17.6. The van der Waals surface area contributed by atoms with Gasteiger partial charge in [-0.25, -0.2) is 9.97 Å². The molecule has 3 rings (SSSR count). The van der Waals surface area contributed by atoms with Gasteiger partial charge in [-0.2, -0.15) is 13.2 Å². The summed E-state index contributed by atoms with van der Waals surface area (Å²) in [5.74, 6) is -1.25. The summed E-state index contributed by atoms with van der Waals surface area (Å²) in [6.07, 6.45) is -3.62. The second-order valence-electron chi connectivity index (χ2n) is 6.29. The Morgan fingerprint density at radius 3 is 2.74 bits per heavy atom. The highest BCUT2D eigenvalue weighted by atomic mass is 19.4. The SMILES string of the molecule is COc1cccc(-c2cc(C(F)(F)F)nc(N3CCC[C@@H](C(=O)O)C3)n2)c1. The maximum absolute atomic E-state index is 13.4. The zero-order valence-corrected chi connectivity index (χ0v) is 14.5. The molecule has 2 aromatic rings. The van der Waals surface area contributed by atoms with E-state index in [9.17, 15) is 23.1 Å². The number of piperidine rings is 1. The second kappa shape index (κ2) is 7.42. The Hall–Kier alpha value is -2.84. The van der Waals surface area contributed by atoms with Gasteiger partial charge in [-0.3, -0.25) is 4.79 Å². The molecule has 0 amide bonds. The van der Waals surface area contributed by atoms with Crippen LogP contribution in [0.2, 0.25) is 0 Å². The average Bonchev–Trinajstić information content (AvgIpc) is 2.67. The molecule has 27 heavy (non-hydrogen) atoms. The van der Waals surface area contributed by atoms with Gasteiger partial charge in [0, 0.05) is 18.7 Å². The van der Waals surface area contributed by atoms with Gasteiger partial charge in [0.1, 0.15) is 5.75 Å². The molecule has 6 nitrogen and oxygen atoms in total. The van der Waals surface area contributed by atoms with Crippen molar-refractivity contribution >= 4 is 11.9 Å². The quantitative estimate of drug-likeness (QED) is 0.874. The minimum Gasteiger partial charge on any atom is -0.497 e. The Morgan fingerprint density at radius 2 is 2.07 bits per heavy atom. The number of carboxylic acid groups (broad SMARTS) is 1. The van der Waals surface area contributed by atoms with Crippen molar-refractivity contribution in [1.29, 1.82) is 0 Å². The van der Waals surface area contributed by atoms with Gasteiger partial charge in [0.2, 0.25) is 5.95 Å².